The van der Waals surface area contributed by atoms with Gasteiger partial charge < -0.3 is 5.11 Å². The highest BCUT2D eigenvalue weighted by Crippen LogP contribution is 2.07. The van der Waals surface area contributed by atoms with Crippen LogP contribution in [0.1, 0.15) is 31.9 Å². The number of aliphatic hydroxyl groups is 1. The lowest BCUT2D eigenvalue weighted by molar-refractivity contribution is 0.108. The number of aryl methyl sites for hydroxylation is 1. The lowest BCUT2D eigenvalue weighted by Crippen LogP contribution is -2.38. The van der Waals surface area contributed by atoms with Crippen LogP contribution < -0.4 is 0 Å². The van der Waals surface area contributed by atoms with E-state index >= 15 is 0 Å². The topological polar surface area (TPSA) is 23.5 Å². The van der Waals surface area contributed by atoms with E-state index in [2.05, 4.69) is 49.9 Å². The number of hydrogen-bond acceptors (Lipinski definition) is 2. The van der Waals surface area contributed by atoms with Crippen LogP contribution in [-0.4, -0.2) is 35.2 Å². The molecule has 0 heterocycles. The average Bonchev–Trinajstić information content (AvgIpc) is 2.25. The van der Waals surface area contributed by atoms with Gasteiger partial charge in [0.05, 0.1) is 6.10 Å². The zero-order valence-electron chi connectivity index (χ0n) is 11.5. The van der Waals surface area contributed by atoms with E-state index in [0.717, 1.165) is 19.5 Å². The summed E-state index contributed by atoms with van der Waals surface area (Å²) < 4.78 is 0. The Labute approximate surface area is 105 Å². The van der Waals surface area contributed by atoms with Crippen molar-refractivity contribution in [2.75, 3.05) is 13.1 Å². The Balaban J connectivity index is 2.48. The van der Waals surface area contributed by atoms with Crippen molar-refractivity contribution in [2.24, 2.45) is 0 Å². The Hall–Kier alpha value is -0.860. The molecule has 1 atom stereocenters. The molecule has 0 spiro atoms. The Morgan fingerprint density at radius 2 is 1.71 bits per heavy atom. The minimum absolute atomic E-state index is 0.254. The number of rotatable bonds is 6. The molecule has 0 saturated carbocycles. The second kappa shape index (κ2) is 6.77. The highest BCUT2D eigenvalue weighted by atomic mass is 16.3. The average molecular weight is 235 g/mol. The molecule has 0 bridgehead atoms. The molecule has 2 nitrogen and oxygen atoms in total. The molecule has 96 valence electrons. The van der Waals surface area contributed by atoms with E-state index in [1.165, 1.54) is 11.1 Å². The molecule has 1 N–H and O–H groups in total. The van der Waals surface area contributed by atoms with Crippen LogP contribution in [0.3, 0.4) is 0 Å². The molecule has 1 aromatic carbocycles. The van der Waals surface area contributed by atoms with Gasteiger partial charge in [-0.2, -0.15) is 0 Å². The fraction of sp³-hybridized carbons (Fsp3) is 0.600. The molecule has 0 aliphatic heterocycles. The van der Waals surface area contributed by atoms with Crippen LogP contribution in [0.2, 0.25) is 0 Å². The third kappa shape index (κ3) is 5.33. The first-order chi connectivity index (χ1) is 7.99. The summed E-state index contributed by atoms with van der Waals surface area (Å²) in [6, 6.07) is 9.18. The molecule has 17 heavy (non-hydrogen) atoms. The molecule has 2 heteroatoms. The number of nitrogens with zero attached hydrogens (tertiary/aromatic N) is 1. The van der Waals surface area contributed by atoms with Gasteiger partial charge in [0.2, 0.25) is 0 Å². The van der Waals surface area contributed by atoms with Gasteiger partial charge in [0.1, 0.15) is 0 Å². The number of hydrogen-bond donors (Lipinski definition) is 1. The van der Waals surface area contributed by atoms with Gasteiger partial charge in [-0.3, -0.25) is 4.90 Å². The predicted octanol–water partition coefficient (Wildman–Crippen LogP) is 2.63. The molecule has 0 radical (unpaired) electrons. The highest BCUT2D eigenvalue weighted by molar-refractivity contribution is 5.21. The van der Waals surface area contributed by atoms with Gasteiger partial charge in [-0.25, -0.2) is 0 Å². The Bertz CT molecular complexity index is 316. The van der Waals surface area contributed by atoms with Crippen LogP contribution in [0.5, 0.6) is 0 Å². The Morgan fingerprint density at radius 1 is 1.12 bits per heavy atom. The van der Waals surface area contributed by atoms with Gasteiger partial charge in [0.15, 0.2) is 0 Å². The first kappa shape index (κ1) is 14.2. The summed E-state index contributed by atoms with van der Waals surface area (Å²) in [7, 11) is 0. The summed E-state index contributed by atoms with van der Waals surface area (Å²) >= 11 is 0. The van der Waals surface area contributed by atoms with E-state index in [4.69, 9.17) is 0 Å². The van der Waals surface area contributed by atoms with E-state index < -0.39 is 0 Å². The van der Waals surface area contributed by atoms with Crippen LogP contribution in [0.25, 0.3) is 0 Å². The molecule has 0 saturated heterocycles. The third-order valence-corrected chi connectivity index (χ3v) is 3.04. The number of aliphatic hydroxyl groups excluding tert-OH is 1. The predicted molar refractivity (Wildman–Crippen MR) is 73.3 cm³/mol. The van der Waals surface area contributed by atoms with E-state index in [1.54, 1.807) is 0 Å². The van der Waals surface area contributed by atoms with Gasteiger partial charge in [-0.1, -0.05) is 29.8 Å². The van der Waals surface area contributed by atoms with Crippen molar-refractivity contribution in [2.45, 2.75) is 46.3 Å². The van der Waals surface area contributed by atoms with Gasteiger partial charge in [-0.05, 0) is 39.7 Å². The monoisotopic (exact) mass is 235 g/mol. The molecular formula is C15H25NO. The lowest BCUT2D eigenvalue weighted by Gasteiger charge is -2.27. The minimum atomic E-state index is -0.254. The molecule has 1 rings (SSSR count). The second-order valence-electron chi connectivity index (χ2n) is 5.17. The summed E-state index contributed by atoms with van der Waals surface area (Å²) in [5, 5.41) is 9.46. The van der Waals surface area contributed by atoms with E-state index in [-0.39, 0.29) is 6.10 Å². The molecule has 0 amide bonds. The van der Waals surface area contributed by atoms with Gasteiger partial charge in [-0.15, -0.1) is 0 Å². The summed E-state index contributed by atoms with van der Waals surface area (Å²) in [5.41, 5.74) is 2.67. The summed E-state index contributed by atoms with van der Waals surface area (Å²) in [5.74, 6) is 0. The zero-order chi connectivity index (χ0) is 12.8. The fourth-order valence-electron chi connectivity index (χ4n) is 1.93. The lowest BCUT2D eigenvalue weighted by atomic mass is 10.1. The van der Waals surface area contributed by atoms with Crippen molar-refractivity contribution in [3.05, 3.63) is 35.4 Å². The van der Waals surface area contributed by atoms with Crippen LogP contribution in [0.15, 0.2) is 24.3 Å². The van der Waals surface area contributed by atoms with Crippen molar-refractivity contribution < 1.29 is 5.11 Å². The summed E-state index contributed by atoms with van der Waals surface area (Å²) in [6.07, 6.45) is 0.793. The van der Waals surface area contributed by atoms with Crippen molar-refractivity contribution in [1.82, 2.24) is 4.90 Å². The molecule has 0 aromatic heterocycles. The summed E-state index contributed by atoms with van der Waals surface area (Å²) in [4.78, 5) is 2.32. The fourth-order valence-corrected chi connectivity index (χ4v) is 1.93. The molecule has 0 fully saturated rings. The quantitative estimate of drug-likeness (QED) is 0.819. The van der Waals surface area contributed by atoms with Crippen LogP contribution >= 0.6 is 0 Å². The van der Waals surface area contributed by atoms with Gasteiger partial charge >= 0.3 is 0 Å². The van der Waals surface area contributed by atoms with Crippen molar-refractivity contribution in [3.8, 4) is 0 Å². The molecule has 1 aromatic rings. The maximum atomic E-state index is 9.46. The first-order valence-corrected chi connectivity index (χ1v) is 6.46. The minimum Gasteiger partial charge on any atom is -0.392 e. The van der Waals surface area contributed by atoms with Crippen molar-refractivity contribution in [3.63, 3.8) is 0 Å². The second-order valence-corrected chi connectivity index (χ2v) is 5.17. The number of benzene rings is 1. The maximum absolute atomic E-state index is 9.46. The standard InChI is InChI=1S/C15H25NO/c1-12(2)16(11-14(4)17)10-9-15-7-5-13(3)6-8-15/h5-8,12,14,17H,9-11H2,1-4H3. The largest absolute Gasteiger partial charge is 0.392 e. The Kier molecular flexibility index (Phi) is 5.66. The van der Waals surface area contributed by atoms with Crippen molar-refractivity contribution >= 4 is 0 Å². The highest BCUT2D eigenvalue weighted by Gasteiger charge is 2.11. The Morgan fingerprint density at radius 3 is 2.18 bits per heavy atom. The van der Waals surface area contributed by atoms with Crippen LogP contribution in [0, 0.1) is 6.92 Å². The molecule has 0 aliphatic rings. The smallest absolute Gasteiger partial charge is 0.0639 e. The van der Waals surface area contributed by atoms with Crippen molar-refractivity contribution in [1.29, 1.82) is 0 Å². The molecular weight excluding hydrogens is 210 g/mol. The van der Waals surface area contributed by atoms with E-state index in [0.29, 0.717) is 6.04 Å². The summed E-state index contributed by atoms with van der Waals surface area (Å²) in [6.45, 7) is 10.1. The third-order valence-electron chi connectivity index (χ3n) is 3.04. The zero-order valence-corrected chi connectivity index (χ0v) is 11.5. The molecule has 1 unspecified atom stereocenters. The van der Waals surface area contributed by atoms with Gasteiger partial charge in [0.25, 0.3) is 0 Å². The maximum Gasteiger partial charge on any atom is 0.0639 e. The van der Waals surface area contributed by atoms with E-state index in [1.807, 2.05) is 6.92 Å². The normalized spacial score (nSPS) is 13.4. The van der Waals surface area contributed by atoms with Crippen LogP contribution in [0.4, 0.5) is 0 Å². The van der Waals surface area contributed by atoms with Crippen LogP contribution in [-0.2, 0) is 6.42 Å². The SMILES string of the molecule is Cc1ccc(CCN(CC(C)O)C(C)C)cc1. The van der Waals surface area contributed by atoms with Gasteiger partial charge in [0, 0.05) is 19.1 Å². The molecule has 0 aliphatic carbocycles. The first-order valence-electron chi connectivity index (χ1n) is 6.46. The van der Waals surface area contributed by atoms with E-state index in [9.17, 15) is 5.11 Å².